The number of hydrogen-bond donors (Lipinski definition) is 4. The van der Waals surface area contributed by atoms with Crippen LogP contribution in [0, 0.1) is 59.8 Å². The summed E-state index contributed by atoms with van der Waals surface area (Å²) in [6, 6.07) is 2.96. The number of nitrogens with zero attached hydrogens (tertiary/aromatic N) is 8. The molecule has 14 nitrogen and oxygen atoms in total. The third kappa shape index (κ3) is 9.35. The molecule has 0 atom stereocenters. The zero-order valence-electron chi connectivity index (χ0n) is 18.5. The second kappa shape index (κ2) is 15.9. The zero-order valence-corrected chi connectivity index (χ0v) is 18.5. The Labute approximate surface area is 206 Å². The van der Waals surface area contributed by atoms with E-state index in [9.17, 15) is 19.8 Å². The van der Waals surface area contributed by atoms with Crippen LogP contribution in [-0.4, -0.2) is 82.6 Å². The zero-order chi connectivity index (χ0) is 27.7. The van der Waals surface area contributed by atoms with Crippen molar-refractivity contribution in [3.8, 4) is 12.1 Å². The first-order valence-corrected chi connectivity index (χ1v) is 9.40. The van der Waals surface area contributed by atoms with E-state index in [2.05, 4.69) is 19.4 Å². The highest BCUT2D eigenvalue weighted by Gasteiger charge is 2.24. The van der Waals surface area contributed by atoms with Gasteiger partial charge in [-0.05, 0) is 0 Å². The van der Waals surface area contributed by atoms with E-state index >= 15 is 0 Å². The van der Waals surface area contributed by atoms with E-state index in [0.717, 1.165) is 4.90 Å². The lowest BCUT2D eigenvalue weighted by Gasteiger charge is -2.26. The lowest BCUT2D eigenvalue weighted by atomic mass is 10.1. The minimum Gasteiger partial charge on any atom is -0.515 e. The number of carbonyl (C=O) groups is 2. The number of rotatable bonds is 13. The van der Waals surface area contributed by atoms with Gasteiger partial charge in [0, 0.05) is 24.8 Å². The molecule has 0 aliphatic carbocycles. The average Bonchev–Trinajstić information content (AvgIpc) is 2.85. The van der Waals surface area contributed by atoms with Crippen molar-refractivity contribution < 1.29 is 19.8 Å². The molecule has 0 saturated carbocycles. The summed E-state index contributed by atoms with van der Waals surface area (Å²) in [5.74, 6) is -1.08. The summed E-state index contributed by atoms with van der Waals surface area (Å²) in [7, 11) is 0. The molecular formula is C22H16N10O4. The molecule has 0 rings (SSSR count). The summed E-state index contributed by atoms with van der Waals surface area (Å²) < 4.78 is 0. The van der Waals surface area contributed by atoms with Crippen LogP contribution in [0.3, 0.4) is 0 Å². The molecule has 36 heavy (non-hydrogen) atoms. The fraction of sp³-hybridized carbons (Fsp3) is 0.273. The number of hydrogen-bond acceptors (Lipinski definition) is 10. The van der Waals surface area contributed by atoms with Gasteiger partial charge in [-0.15, -0.1) is 0 Å². The largest absolute Gasteiger partial charge is 0.558 e. The maximum atomic E-state index is 12.3. The number of aliphatic hydroxyl groups is 2. The molecule has 0 aliphatic rings. The first-order valence-electron chi connectivity index (χ1n) is 9.40. The SMILES string of the molecule is [C-]#[N+]C([N+]#[C-])=C(O)CN(CCN(CC(=O)C(=C=N)C#N)CC(=O)C(=C=N)C#N)CC(O)=C([N+]#[C-])[N+]#[C-]. The molecule has 0 radical (unpaired) electrons. The van der Waals surface area contributed by atoms with E-state index in [4.69, 9.17) is 47.6 Å². The smallest absolute Gasteiger partial charge is 0.515 e. The van der Waals surface area contributed by atoms with Gasteiger partial charge in [-0.2, -0.15) is 29.9 Å². The summed E-state index contributed by atoms with van der Waals surface area (Å²) >= 11 is 0. The van der Waals surface area contributed by atoms with E-state index in [1.807, 2.05) is 0 Å². The second-order valence-electron chi connectivity index (χ2n) is 6.48. The highest BCUT2D eigenvalue weighted by atomic mass is 16.3. The molecule has 0 spiro atoms. The van der Waals surface area contributed by atoms with Gasteiger partial charge in [0.15, 0.2) is 22.7 Å². The van der Waals surface area contributed by atoms with E-state index in [-0.39, 0.29) is 13.1 Å². The topological polar surface area (TPSA) is 194 Å². The van der Waals surface area contributed by atoms with Gasteiger partial charge < -0.3 is 10.2 Å². The van der Waals surface area contributed by atoms with Gasteiger partial charge >= 0.3 is 11.6 Å². The molecule has 4 N–H and O–H groups in total. The number of carbonyl (C=O) groups excluding carboxylic acids is 2. The number of nitrogens with one attached hydrogen (secondary N) is 2. The Morgan fingerprint density at radius 3 is 1.25 bits per heavy atom. The van der Waals surface area contributed by atoms with Crippen molar-refractivity contribution in [2.75, 3.05) is 39.3 Å². The summed E-state index contributed by atoms with van der Waals surface area (Å²) in [6.45, 7) is 25.2. The summed E-state index contributed by atoms with van der Waals surface area (Å²) in [5, 5.41) is 52.1. The molecule has 0 aromatic rings. The van der Waals surface area contributed by atoms with Gasteiger partial charge in [0.2, 0.25) is 11.5 Å². The average molecular weight is 484 g/mol. The molecule has 0 saturated heterocycles. The van der Waals surface area contributed by atoms with Crippen LogP contribution < -0.4 is 0 Å². The normalized spacial score (nSPS) is 8.89. The van der Waals surface area contributed by atoms with Crippen molar-refractivity contribution in [2.24, 2.45) is 0 Å². The Balaban J connectivity index is 6.15. The van der Waals surface area contributed by atoms with Crippen LogP contribution in [0.25, 0.3) is 19.4 Å². The van der Waals surface area contributed by atoms with Gasteiger partial charge in [0.25, 0.3) is 0 Å². The molecule has 0 aromatic carbocycles. The Hall–Kier alpha value is -5.82. The van der Waals surface area contributed by atoms with Crippen LogP contribution in [-0.2, 0) is 9.59 Å². The highest BCUT2D eigenvalue weighted by Crippen LogP contribution is 2.12. The molecular weight excluding hydrogens is 468 g/mol. The predicted molar refractivity (Wildman–Crippen MR) is 122 cm³/mol. The lowest BCUT2D eigenvalue weighted by Crippen LogP contribution is -2.42. The molecule has 14 heteroatoms. The van der Waals surface area contributed by atoms with E-state index < -0.39 is 72.1 Å². The minimum atomic E-state index is -0.874. The number of ketones is 2. The molecule has 0 aromatic heterocycles. The van der Waals surface area contributed by atoms with Gasteiger partial charge in [0.05, 0.1) is 26.2 Å². The van der Waals surface area contributed by atoms with Gasteiger partial charge in [-0.1, -0.05) is 0 Å². The fourth-order valence-electron chi connectivity index (χ4n) is 2.47. The fourth-order valence-corrected chi connectivity index (χ4v) is 2.47. The standard InChI is InChI=1S/C22H16N10O4/c1-27-21(28-2)19(35)13-32(14-20(36)22(29-3)30-4)6-5-31(11-17(33)15(7-23)8-24)12-18(34)16(9-25)10-26/h23,25,35-36H,5-6,11-14H2. The summed E-state index contributed by atoms with van der Waals surface area (Å²) in [4.78, 5) is 38.4. The second-order valence-corrected chi connectivity index (χ2v) is 6.48. The first kappa shape index (κ1) is 30.2. The van der Waals surface area contributed by atoms with Gasteiger partial charge in [-0.25, -0.2) is 0 Å². The van der Waals surface area contributed by atoms with Crippen LogP contribution >= 0.6 is 0 Å². The van der Waals surface area contributed by atoms with E-state index in [1.165, 1.54) is 17.0 Å². The molecule has 0 bridgehead atoms. The van der Waals surface area contributed by atoms with E-state index in [1.54, 1.807) is 11.7 Å². The summed E-state index contributed by atoms with van der Waals surface area (Å²) in [6.07, 6.45) is 0. The van der Waals surface area contributed by atoms with Crippen LogP contribution in [0.15, 0.2) is 34.3 Å². The number of nitriles is 2. The molecule has 0 amide bonds. The Kier molecular flexibility index (Phi) is 13.3. The van der Waals surface area contributed by atoms with Crippen molar-refractivity contribution in [3.63, 3.8) is 0 Å². The lowest BCUT2D eigenvalue weighted by molar-refractivity contribution is -0.118. The molecule has 0 fully saturated rings. The van der Waals surface area contributed by atoms with Crippen molar-refractivity contribution >= 4 is 23.3 Å². The maximum Gasteiger partial charge on any atom is 0.558 e. The Bertz CT molecular complexity index is 1200. The maximum absolute atomic E-state index is 12.3. The first-order chi connectivity index (χ1) is 17.1. The van der Waals surface area contributed by atoms with Crippen LogP contribution in [0.5, 0.6) is 0 Å². The molecule has 0 aliphatic heterocycles. The third-order valence-corrected chi connectivity index (χ3v) is 4.18. The third-order valence-electron chi connectivity index (χ3n) is 4.18. The van der Waals surface area contributed by atoms with Gasteiger partial charge in [-0.3, -0.25) is 30.2 Å². The van der Waals surface area contributed by atoms with Crippen molar-refractivity contribution in [1.29, 1.82) is 21.3 Å². The predicted octanol–water partition coefficient (Wildman–Crippen LogP) is 1.26. The Morgan fingerprint density at radius 1 is 0.694 bits per heavy atom. The monoisotopic (exact) mass is 484 g/mol. The number of aliphatic hydroxyl groups excluding tert-OH is 2. The van der Waals surface area contributed by atoms with Crippen LogP contribution in [0.1, 0.15) is 0 Å². The van der Waals surface area contributed by atoms with Crippen LogP contribution in [0.4, 0.5) is 0 Å². The van der Waals surface area contributed by atoms with Crippen molar-refractivity contribution in [3.05, 3.63) is 80.0 Å². The van der Waals surface area contributed by atoms with Crippen LogP contribution in [0.2, 0.25) is 0 Å². The van der Waals surface area contributed by atoms with E-state index in [0.29, 0.717) is 0 Å². The quantitative estimate of drug-likeness (QED) is 0.0985. The minimum absolute atomic E-state index is 0.187. The molecule has 0 unspecified atom stereocenters. The van der Waals surface area contributed by atoms with Crippen molar-refractivity contribution in [1.82, 2.24) is 9.80 Å². The number of Topliss-reactive ketones (excluding diaryl/α,β-unsaturated/α-hetero) is 2. The Morgan fingerprint density at radius 2 is 1.00 bits per heavy atom. The molecule has 178 valence electrons. The van der Waals surface area contributed by atoms with Gasteiger partial charge in [0.1, 0.15) is 38.4 Å². The molecule has 0 heterocycles. The highest BCUT2D eigenvalue weighted by molar-refractivity contribution is 6.09. The van der Waals surface area contributed by atoms with Crippen molar-refractivity contribution in [2.45, 2.75) is 0 Å². The summed E-state index contributed by atoms with van der Waals surface area (Å²) in [5.41, 5.74) is -1.27.